The Kier molecular flexibility index (Phi) is 6.41. The van der Waals surface area contributed by atoms with Gasteiger partial charge in [-0.05, 0) is 61.4 Å². The normalized spacial score (nSPS) is 17.5. The van der Waals surface area contributed by atoms with E-state index in [2.05, 4.69) is 33.1 Å². The molecule has 1 N–H and O–H groups in total. The van der Waals surface area contributed by atoms with Gasteiger partial charge < -0.3 is 19.5 Å². The van der Waals surface area contributed by atoms with Gasteiger partial charge in [0.2, 0.25) is 5.91 Å². The van der Waals surface area contributed by atoms with Crippen molar-refractivity contribution < 1.29 is 14.3 Å². The third kappa shape index (κ3) is 4.94. The predicted octanol–water partition coefficient (Wildman–Crippen LogP) is 3.74. The summed E-state index contributed by atoms with van der Waals surface area (Å²) in [5, 5.41) is 4.11. The van der Waals surface area contributed by atoms with E-state index in [1.54, 1.807) is 12.1 Å². The molecule has 2 aromatic carbocycles. The highest BCUT2D eigenvalue weighted by atomic mass is 16.5. The fourth-order valence-electron chi connectivity index (χ4n) is 4.62. The number of benzene rings is 2. The van der Waals surface area contributed by atoms with Crippen LogP contribution in [-0.4, -0.2) is 60.7 Å². The molecule has 0 unspecified atom stereocenters. The first-order valence-corrected chi connectivity index (χ1v) is 11.8. The zero-order chi connectivity index (χ0) is 22.6. The Morgan fingerprint density at radius 2 is 1.76 bits per heavy atom. The quantitative estimate of drug-likeness (QED) is 0.626. The second-order valence-corrected chi connectivity index (χ2v) is 8.74. The van der Waals surface area contributed by atoms with E-state index in [1.165, 1.54) is 0 Å². The van der Waals surface area contributed by atoms with E-state index >= 15 is 0 Å². The third-order valence-corrected chi connectivity index (χ3v) is 6.55. The number of amides is 2. The lowest BCUT2D eigenvalue weighted by Crippen LogP contribution is -2.38. The van der Waals surface area contributed by atoms with Crippen LogP contribution in [0, 0.1) is 0 Å². The molecule has 5 rings (SSSR count). The number of morpholine rings is 1. The second kappa shape index (κ2) is 9.77. The van der Waals surface area contributed by atoms with E-state index in [4.69, 9.17) is 4.74 Å². The van der Waals surface area contributed by atoms with Crippen molar-refractivity contribution in [1.29, 1.82) is 0 Å². The number of rotatable bonds is 6. The highest BCUT2D eigenvalue weighted by Gasteiger charge is 2.20. The molecule has 1 aromatic heterocycles. The van der Waals surface area contributed by atoms with Gasteiger partial charge in [0, 0.05) is 73.2 Å². The van der Waals surface area contributed by atoms with Gasteiger partial charge in [0.05, 0.1) is 13.2 Å². The number of fused-ring (bicyclic) bond motifs is 1. The molecule has 0 aliphatic carbocycles. The first kappa shape index (κ1) is 21.7. The molecular formula is C26H30N4O3. The minimum absolute atomic E-state index is 0.155. The van der Waals surface area contributed by atoms with Crippen molar-refractivity contribution in [3.05, 3.63) is 60.3 Å². The molecule has 0 saturated carbocycles. The fourth-order valence-corrected chi connectivity index (χ4v) is 4.62. The van der Waals surface area contributed by atoms with Crippen LogP contribution in [-0.2, 0) is 16.1 Å². The van der Waals surface area contributed by atoms with Crippen LogP contribution < -0.4 is 10.2 Å². The maximum atomic E-state index is 12.8. The molecule has 7 nitrogen and oxygen atoms in total. The molecule has 3 heterocycles. The van der Waals surface area contributed by atoms with Gasteiger partial charge in [-0.15, -0.1) is 0 Å². The van der Waals surface area contributed by atoms with Crippen molar-refractivity contribution in [2.24, 2.45) is 0 Å². The van der Waals surface area contributed by atoms with E-state index in [1.807, 2.05) is 29.2 Å². The van der Waals surface area contributed by atoms with Crippen LogP contribution in [0.2, 0.25) is 0 Å². The molecule has 0 radical (unpaired) electrons. The molecule has 0 atom stereocenters. The summed E-state index contributed by atoms with van der Waals surface area (Å²) in [5.74, 6) is 0.00116. The van der Waals surface area contributed by atoms with Gasteiger partial charge >= 0.3 is 0 Å². The molecule has 172 valence electrons. The smallest absolute Gasteiger partial charge is 0.255 e. The van der Waals surface area contributed by atoms with Gasteiger partial charge in [-0.1, -0.05) is 0 Å². The van der Waals surface area contributed by atoms with Gasteiger partial charge in [-0.3, -0.25) is 14.5 Å². The molecule has 0 spiro atoms. The highest BCUT2D eigenvalue weighted by molar-refractivity contribution is 6.05. The van der Waals surface area contributed by atoms with Gasteiger partial charge in [0.1, 0.15) is 0 Å². The molecule has 7 heteroatoms. The topological polar surface area (TPSA) is 66.8 Å². The zero-order valence-electron chi connectivity index (χ0n) is 18.8. The summed E-state index contributed by atoms with van der Waals surface area (Å²) < 4.78 is 7.68. The Morgan fingerprint density at radius 1 is 0.939 bits per heavy atom. The number of ether oxygens (including phenoxy) is 1. The largest absolute Gasteiger partial charge is 0.379 e. The minimum Gasteiger partial charge on any atom is -0.379 e. The first-order chi connectivity index (χ1) is 16.2. The van der Waals surface area contributed by atoms with Crippen molar-refractivity contribution in [3.8, 4) is 0 Å². The van der Waals surface area contributed by atoms with E-state index in [-0.39, 0.29) is 11.8 Å². The number of anilines is 2. The van der Waals surface area contributed by atoms with Crippen LogP contribution in [0.5, 0.6) is 0 Å². The summed E-state index contributed by atoms with van der Waals surface area (Å²) in [4.78, 5) is 29.1. The number of carbonyl (C=O) groups excluding carboxylic acids is 2. The number of nitrogens with one attached hydrogen (secondary N) is 1. The number of carbonyl (C=O) groups is 2. The Bertz CT molecular complexity index is 1130. The summed E-state index contributed by atoms with van der Waals surface area (Å²) in [6.45, 7) is 6.29. The van der Waals surface area contributed by atoms with Crippen molar-refractivity contribution in [1.82, 2.24) is 9.47 Å². The molecular weight excluding hydrogens is 416 g/mol. The Balaban J connectivity index is 1.22. The van der Waals surface area contributed by atoms with E-state index in [9.17, 15) is 9.59 Å². The monoisotopic (exact) mass is 446 g/mol. The Labute approximate surface area is 193 Å². The van der Waals surface area contributed by atoms with Crippen molar-refractivity contribution >= 4 is 34.1 Å². The summed E-state index contributed by atoms with van der Waals surface area (Å²) in [7, 11) is 0. The summed E-state index contributed by atoms with van der Waals surface area (Å²) >= 11 is 0. The van der Waals surface area contributed by atoms with Crippen LogP contribution in [0.25, 0.3) is 10.9 Å². The standard InChI is InChI=1S/C26H30N4O3/c31-25-3-1-2-11-30(25)23-7-4-20(5-8-23)26(32)27-22-6-9-24-21(19-22)10-12-29(24)14-13-28-15-17-33-18-16-28/h4-10,12,19H,1-3,11,13-18H2,(H,27,32). The molecule has 2 fully saturated rings. The molecule has 33 heavy (non-hydrogen) atoms. The highest BCUT2D eigenvalue weighted by Crippen LogP contribution is 2.23. The van der Waals surface area contributed by atoms with Gasteiger partial charge in [0.25, 0.3) is 5.91 Å². The maximum Gasteiger partial charge on any atom is 0.255 e. The lowest BCUT2D eigenvalue weighted by molar-refractivity contribution is -0.119. The van der Waals surface area contributed by atoms with Crippen LogP contribution in [0.3, 0.4) is 0 Å². The van der Waals surface area contributed by atoms with Crippen LogP contribution in [0.15, 0.2) is 54.7 Å². The molecule has 2 aliphatic heterocycles. The Hall–Kier alpha value is -3.16. The van der Waals surface area contributed by atoms with E-state index in [0.29, 0.717) is 12.0 Å². The van der Waals surface area contributed by atoms with Gasteiger partial charge in [-0.2, -0.15) is 0 Å². The number of aromatic nitrogens is 1. The van der Waals surface area contributed by atoms with Crippen LogP contribution in [0.1, 0.15) is 29.6 Å². The van der Waals surface area contributed by atoms with Crippen molar-refractivity contribution in [2.45, 2.75) is 25.8 Å². The average molecular weight is 447 g/mol. The van der Waals surface area contributed by atoms with Crippen molar-refractivity contribution in [3.63, 3.8) is 0 Å². The summed E-state index contributed by atoms with van der Waals surface area (Å²) in [5.41, 5.74) is 3.37. The number of nitrogens with zero attached hydrogens (tertiary/aromatic N) is 3. The lowest BCUT2D eigenvalue weighted by atomic mass is 10.1. The second-order valence-electron chi connectivity index (χ2n) is 8.74. The molecule has 2 amide bonds. The van der Waals surface area contributed by atoms with Gasteiger partial charge in [-0.25, -0.2) is 0 Å². The third-order valence-electron chi connectivity index (χ3n) is 6.55. The number of piperidine rings is 1. The zero-order valence-corrected chi connectivity index (χ0v) is 18.8. The number of hydrogen-bond donors (Lipinski definition) is 1. The van der Waals surface area contributed by atoms with Gasteiger partial charge in [0.15, 0.2) is 0 Å². The van der Waals surface area contributed by atoms with E-state index in [0.717, 1.165) is 81.1 Å². The first-order valence-electron chi connectivity index (χ1n) is 11.8. The molecule has 0 bridgehead atoms. The average Bonchev–Trinajstić information content (AvgIpc) is 3.26. The van der Waals surface area contributed by atoms with E-state index < -0.39 is 0 Å². The summed E-state index contributed by atoms with van der Waals surface area (Å²) in [6, 6.07) is 15.4. The molecule has 2 saturated heterocycles. The fraction of sp³-hybridized carbons (Fsp3) is 0.385. The predicted molar refractivity (Wildman–Crippen MR) is 130 cm³/mol. The lowest BCUT2D eigenvalue weighted by Gasteiger charge is -2.26. The van der Waals surface area contributed by atoms with Crippen molar-refractivity contribution in [2.75, 3.05) is 49.6 Å². The molecule has 3 aromatic rings. The van der Waals surface area contributed by atoms with Crippen LogP contribution >= 0.6 is 0 Å². The Morgan fingerprint density at radius 3 is 2.55 bits per heavy atom. The summed E-state index contributed by atoms with van der Waals surface area (Å²) in [6.07, 6.45) is 4.68. The number of hydrogen-bond acceptors (Lipinski definition) is 4. The minimum atomic E-state index is -0.155. The maximum absolute atomic E-state index is 12.8. The van der Waals surface area contributed by atoms with Crippen LogP contribution in [0.4, 0.5) is 11.4 Å². The SMILES string of the molecule is O=C(Nc1ccc2c(ccn2CCN2CCOCC2)c1)c1ccc(N2CCCCC2=O)cc1. The molecule has 2 aliphatic rings.